The monoisotopic (exact) mass is 327 g/mol. The zero-order chi connectivity index (χ0) is 13.8. The molecular formula is C15H19BrFNO. The van der Waals surface area contributed by atoms with Crippen molar-refractivity contribution in [3.05, 3.63) is 34.1 Å². The van der Waals surface area contributed by atoms with Crippen LogP contribution in [0.4, 0.5) is 4.39 Å². The summed E-state index contributed by atoms with van der Waals surface area (Å²) in [6, 6.07) is 4.74. The first kappa shape index (κ1) is 14.5. The maximum atomic E-state index is 13.8. The second kappa shape index (κ2) is 6.51. The van der Waals surface area contributed by atoms with E-state index in [9.17, 15) is 9.18 Å². The lowest BCUT2D eigenvalue weighted by atomic mass is 10.1. The van der Waals surface area contributed by atoms with E-state index >= 15 is 0 Å². The highest BCUT2D eigenvalue weighted by Crippen LogP contribution is 2.24. The van der Waals surface area contributed by atoms with E-state index in [0.717, 1.165) is 30.2 Å². The Morgan fingerprint density at radius 3 is 2.53 bits per heavy atom. The van der Waals surface area contributed by atoms with Gasteiger partial charge >= 0.3 is 0 Å². The Morgan fingerprint density at radius 2 is 1.89 bits per heavy atom. The van der Waals surface area contributed by atoms with Crippen LogP contribution in [0.3, 0.4) is 0 Å². The fourth-order valence-electron chi connectivity index (χ4n) is 2.66. The first-order valence-electron chi connectivity index (χ1n) is 6.82. The van der Waals surface area contributed by atoms with E-state index in [-0.39, 0.29) is 17.5 Å². The first-order valence-corrected chi connectivity index (χ1v) is 7.61. The van der Waals surface area contributed by atoms with Crippen LogP contribution in [0, 0.1) is 5.82 Å². The number of hydrogen-bond acceptors (Lipinski definition) is 1. The third-order valence-corrected chi connectivity index (χ3v) is 4.34. The van der Waals surface area contributed by atoms with Crippen molar-refractivity contribution in [2.24, 2.45) is 0 Å². The minimum absolute atomic E-state index is 0.154. The van der Waals surface area contributed by atoms with Gasteiger partial charge in [0.2, 0.25) is 0 Å². The molecule has 2 nitrogen and oxygen atoms in total. The third-order valence-electron chi connectivity index (χ3n) is 3.85. The summed E-state index contributed by atoms with van der Waals surface area (Å²) in [5, 5.41) is 0. The number of carbonyl (C=O) groups is 1. The van der Waals surface area contributed by atoms with E-state index in [2.05, 4.69) is 15.9 Å². The van der Waals surface area contributed by atoms with Crippen molar-refractivity contribution >= 4 is 21.8 Å². The van der Waals surface area contributed by atoms with Crippen LogP contribution >= 0.6 is 15.9 Å². The van der Waals surface area contributed by atoms with Crippen molar-refractivity contribution < 1.29 is 9.18 Å². The zero-order valence-electron chi connectivity index (χ0n) is 11.2. The summed E-state index contributed by atoms with van der Waals surface area (Å²) in [6.45, 7) is 0. The van der Waals surface area contributed by atoms with Gasteiger partial charge in [-0.05, 0) is 31.0 Å². The molecule has 104 valence electrons. The molecule has 1 aliphatic rings. The number of nitrogens with zero attached hydrogens (tertiary/aromatic N) is 1. The van der Waals surface area contributed by atoms with Crippen LogP contribution in [0.5, 0.6) is 0 Å². The molecular weight excluding hydrogens is 309 g/mol. The maximum absolute atomic E-state index is 13.8. The highest BCUT2D eigenvalue weighted by atomic mass is 79.9. The predicted molar refractivity (Wildman–Crippen MR) is 77.7 cm³/mol. The summed E-state index contributed by atoms with van der Waals surface area (Å²) in [5.74, 6) is -0.667. The summed E-state index contributed by atoms with van der Waals surface area (Å²) in [6.07, 6.45) is 6.84. The van der Waals surface area contributed by atoms with Crippen LogP contribution in [0.25, 0.3) is 0 Å². The first-order chi connectivity index (χ1) is 9.09. The number of rotatable bonds is 2. The van der Waals surface area contributed by atoms with Crippen molar-refractivity contribution in [2.75, 3.05) is 7.05 Å². The van der Waals surface area contributed by atoms with Gasteiger partial charge in [-0.25, -0.2) is 4.39 Å². The molecule has 0 N–H and O–H groups in total. The Labute approximate surface area is 122 Å². The Morgan fingerprint density at radius 1 is 1.26 bits per heavy atom. The topological polar surface area (TPSA) is 20.3 Å². The van der Waals surface area contributed by atoms with Crippen molar-refractivity contribution in [1.82, 2.24) is 4.90 Å². The van der Waals surface area contributed by atoms with Crippen LogP contribution in [0.1, 0.15) is 48.9 Å². The molecule has 0 atom stereocenters. The Kier molecular flexibility index (Phi) is 4.97. The molecule has 0 radical (unpaired) electrons. The van der Waals surface area contributed by atoms with Crippen LogP contribution in [-0.4, -0.2) is 23.9 Å². The lowest BCUT2D eigenvalue weighted by molar-refractivity contribution is 0.0713. The minimum atomic E-state index is -0.450. The highest BCUT2D eigenvalue weighted by molar-refractivity contribution is 9.10. The molecule has 1 fully saturated rings. The standard InChI is InChI=1S/C15H19BrFNO/c1-18(12-6-4-2-3-5-7-12)15(19)13-10-11(16)8-9-14(13)17/h8-10,12H,2-7H2,1H3. The smallest absolute Gasteiger partial charge is 0.256 e. The van der Waals surface area contributed by atoms with Crippen molar-refractivity contribution in [1.29, 1.82) is 0 Å². The summed E-state index contributed by atoms with van der Waals surface area (Å²) >= 11 is 3.28. The maximum Gasteiger partial charge on any atom is 0.256 e. The van der Waals surface area contributed by atoms with Crippen molar-refractivity contribution in [2.45, 2.75) is 44.6 Å². The average molecular weight is 328 g/mol. The van der Waals surface area contributed by atoms with Gasteiger partial charge in [0.05, 0.1) is 5.56 Å². The van der Waals surface area contributed by atoms with Gasteiger partial charge in [-0.1, -0.05) is 41.6 Å². The fourth-order valence-corrected chi connectivity index (χ4v) is 3.02. The van der Waals surface area contributed by atoms with Gasteiger partial charge in [0.25, 0.3) is 5.91 Å². The Bertz CT molecular complexity index is 455. The summed E-state index contributed by atoms with van der Waals surface area (Å²) in [4.78, 5) is 14.1. The molecule has 1 aliphatic carbocycles. The molecule has 0 aliphatic heterocycles. The molecule has 19 heavy (non-hydrogen) atoms. The molecule has 1 saturated carbocycles. The third kappa shape index (κ3) is 3.56. The molecule has 1 aromatic rings. The van der Waals surface area contributed by atoms with Crippen LogP contribution in [0.15, 0.2) is 22.7 Å². The van der Waals surface area contributed by atoms with E-state index in [4.69, 9.17) is 0 Å². The summed E-state index contributed by atoms with van der Waals surface area (Å²) in [7, 11) is 1.79. The SMILES string of the molecule is CN(C(=O)c1cc(Br)ccc1F)C1CCCCCC1. The van der Waals surface area contributed by atoms with Gasteiger partial charge in [0.1, 0.15) is 5.82 Å². The average Bonchev–Trinajstić information content (AvgIpc) is 2.69. The van der Waals surface area contributed by atoms with Gasteiger partial charge in [-0.15, -0.1) is 0 Å². The van der Waals surface area contributed by atoms with Gasteiger partial charge < -0.3 is 4.90 Å². The summed E-state index contributed by atoms with van der Waals surface area (Å²) < 4.78 is 14.5. The number of benzene rings is 1. The number of carbonyl (C=O) groups excluding carboxylic acids is 1. The zero-order valence-corrected chi connectivity index (χ0v) is 12.7. The molecule has 1 amide bonds. The lowest BCUT2D eigenvalue weighted by Crippen LogP contribution is -2.37. The normalized spacial score (nSPS) is 17.0. The van der Waals surface area contributed by atoms with E-state index in [1.807, 2.05) is 0 Å². The predicted octanol–water partition coefficient (Wildman–Crippen LogP) is 4.38. The Balaban J connectivity index is 2.15. The van der Waals surface area contributed by atoms with E-state index in [1.54, 1.807) is 24.1 Å². The molecule has 2 rings (SSSR count). The summed E-state index contributed by atoms with van der Waals surface area (Å²) in [5.41, 5.74) is 0.154. The number of amides is 1. The molecule has 4 heteroatoms. The second-order valence-corrected chi connectivity index (χ2v) is 6.10. The largest absolute Gasteiger partial charge is 0.339 e. The number of halogens is 2. The van der Waals surface area contributed by atoms with Crippen LogP contribution in [0.2, 0.25) is 0 Å². The molecule has 0 spiro atoms. The van der Waals surface area contributed by atoms with Crippen LogP contribution in [-0.2, 0) is 0 Å². The van der Waals surface area contributed by atoms with E-state index in [1.165, 1.54) is 18.9 Å². The van der Waals surface area contributed by atoms with Crippen LogP contribution < -0.4 is 0 Å². The number of hydrogen-bond donors (Lipinski definition) is 0. The van der Waals surface area contributed by atoms with Gasteiger partial charge in [0, 0.05) is 17.6 Å². The minimum Gasteiger partial charge on any atom is -0.339 e. The lowest BCUT2D eigenvalue weighted by Gasteiger charge is -2.27. The van der Waals surface area contributed by atoms with Gasteiger partial charge in [-0.3, -0.25) is 4.79 Å². The molecule has 0 bridgehead atoms. The Hall–Kier alpha value is -0.900. The second-order valence-electron chi connectivity index (χ2n) is 5.19. The van der Waals surface area contributed by atoms with Gasteiger partial charge in [0.15, 0.2) is 0 Å². The quantitative estimate of drug-likeness (QED) is 0.738. The fraction of sp³-hybridized carbons (Fsp3) is 0.533. The van der Waals surface area contributed by atoms with Crippen molar-refractivity contribution in [3.63, 3.8) is 0 Å². The molecule has 0 aromatic heterocycles. The molecule has 1 aromatic carbocycles. The van der Waals surface area contributed by atoms with Crippen molar-refractivity contribution in [3.8, 4) is 0 Å². The molecule has 0 unspecified atom stereocenters. The van der Waals surface area contributed by atoms with E-state index in [0.29, 0.717) is 0 Å². The molecule has 0 saturated heterocycles. The molecule has 0 heterocycles. The highest BCUT2D eigenvalue weighted by Gasteiger charge is 2.24. The van der Waals surface area contributed by atoms with Gasteiger partial charge in [-0.2, -0.15) is 0 Å². The van der Waals surface area contributed by atoms with E-state index < -0.39 is 5.82 Å².